The first-order valence-electron chi connectivity index (χ1n) is 4.53. The van der Waals surface area contributed by atoms with Gasteiger partial charge >= 0.3 is 0 Å². The topological polar surface area (TPSA) is 58.9 Å². The van der Waals surface area contributed by atoms with Crippen LogP contribution in [0.5, 0.6) is 0 Å². The Morgan fingerprint density at radius 1 is 0.923 bits per heavy atom. The lowest BCUT2D eigenvalue weighted by Gasteiger charge is -2.22. The third kappa shape index (κ3) is 2.08. The Morgan fingerprint density at radius 2 is 1.38 bits per heavy atom. The van der Waals surface area contributed by atoms with Crippen LogP contribution in [0.25, 0.3) is 0 Å². The Balaban J connectivity index is 2.07. The molecular weight excluding hydrogens is 172 g/mol. The van der Waals surface area contributed by atoms with Crippen LogP contribution in [-0.2, 0) is 9.47 Å². The van der Waals surface area contributed by atoms with E-state index in [-0.39, 0.29) is 19.0 Å². The molecule has 1 fully saturated rings. The summed E-state index contributed by atoms with van der Waals surface area (Å²) >= 11 is 0. The predicted molar refractivity (Wildman–Crippen MR) is 45.0 cm³/mol. The molecule has 1 heterocycles. The molecule has 4 unspecified atom stereocenters. The summed E-state index contributed by atoms with van der Waals surface area (Å²) < 4.78 is 10.6. The van der Waals surface area contributed by atoms with E-state index in [2.05, 4.69) is 0 Å². The molecule has 0 aromatic carbocycles. The van der Waals surface area contributed by atoms with Crippen molar-refractivity contribution in [3.05, 3.63) is 12.2 Å². The quantitative estimate of drug-likeness (QED) is 0.514. The highest BCUT2D eigenvalue weighted by Gasteiger charge is 2.32. The molecule has 1 aliphatic carbocycles. The number of aliphatic hydroxyl groups excluding tert-OH is 2. The molecule has 4 nitrogen and oxygen atoms in total. The zero-order valence-electron chi connectivity index (χ0n) is 7.30. The first-order valence-corrected chi connectivity index (χ1v) is 4.53. The molecule has 13 heavy (non-hydrogen) atoms. The zero-order chi connectivity index (χ0) is 9.26. The fourth-order valence-electron chi connectivity index (χ4n) is 1.76. The maximum Gasteiger partial charge on any atom is 0.147 e. The van der Waals surface area contributed by atoms with Gasteiger partial charge < -0.3 is 19.7 Å². The minimum atomic E-state index is -0.538. The second kappa shape index (κ2) is 3.75. The first kappa shape index (κ1) is 9.15. The van der Waals surface area contributed by atoms with Gasteiger partial charge in [0.05, 0.1) is 24.4 Å². The van der Waals surface area contributed by atoms with Crippen LogP contribution in [0.4, 0.5) is 0 Å². The van der Waals surface area contributed by atoms with Gasteiger partial charge in [0.1, 0.15) is 6.79 Å². The van der Waals surface area contributed by atoms with Crippen molar-refractivity contribution in [2.24, 2.45) is 0 Å². The van der Waals surface area contributed by atoms with E-state index in [0.717, 1.165) is 0 Å². The second-order valence-corrected chi connectivity index (χ2v) is 3.52. The largest absolute Gasteiger partial charge is 0.389 e. The first-order chi connectivity index (χ1) is 6.25. The molecule has 1 aliphatic heterocycles. The summed E-state index contributed by atoms with van der Waals surface area (Å²) in [6.45, 7) is 0.273. The summed E-state index contributed by atoms with van der Waals surface area (Å²) in [5.74, 6) is 0. The van der Waals surface area contributed by atoms with Crippen LogP contribution < -0.4 is 0 Å². The van der Waals surface area contributed by atoms with E-state index >= 15 is 0 Å². The molecule has 0 spiro atoms. The summed E-state index contributed by atoms with van der Waals surface area (Å²) in [6.07, 6.45) is 3.10. The highest BCUT2D eigenvalue weighted by molar-refractivity contribution is 4.99. The molecule has 2 aliphatic rings. The molecule has 0 bridgehead atoms. The van der Waals surface area contributed by atoms with E-state index in [4.69, 9.17) is 9.47 Å². The lowest BCUT2D eigenvalue weighted by atomic mass is 9.97. The maximum atomic E-state index is 9.45. The van der Waals surface area contributed by atoms with Crippen molar-refractivity contribution in [1.82, 2.24) is 0 Å². The number of ether oxygens (including phenoxy) is 2. The van der Waals surface area contributed by atoms with Gasteiger partial charge in [0, 0.05) is 12.8 Å². The molecular formula is C9H14O4. The van der Waals surface area contributed by atoms with Crippen LogP contribution in [0, 0.1) is 0 Å². The van der Waals surface area contributed by atoms with Crippen LogP contribution in [0.1, 0.15) is 12.8 Å². The van der Waals surface area contributed by atoms with E-state index in [0.29, 0.717) is 12.8 Å². The monoisotopic (exact) mass is 186 g/mol. The standard InChI is InChI=1S/C9H14O4/c10-6-1-2-7(11)4-9-8(3-6)12-5-13-9/h1-2,6-11H,3-5H2/b2-1-. The van der Waals surface area contributed by atoms with Crippen LogP contribution in [0.2, 0.25) is 0 Å². The van der Waals surface area contributed by atoms with Gasteiger partial charge in [-0.2, -0.15) is 0 Å². The molecule has 4 heteroatoms. The summed E-state index contributed by atoms with van der Waals surface area (Å²) in [4.78, 5) is 0. The van der Waals surface area contributed by atoms with E-state index in [1.807, 2.05) is 0 Å². The fraction of sp³-hybridized carbons (Fsp3) is 0.778. The van der Waals surface area contributed by atoms with Gasteiger partial charge in [0.2, 0.25) is 0 Å². The Hall–Kier alpha value is -0.420. The molecule has 2 N–H and O–H groups in total. The third-order valence-corrected chi connectivity index (χ3v) is 2.48. The Bertz CT molecular complexity index is 184. The average molecular weight is 186 g/mol. The Morgan fingerprint density at radius 3 is 1.85 bits per heavy atom. The van der Waals surface area contributed by atoms with E-state index < -0.39 is 12.2 Å². The minimum Gasteiger partial charge on any atom is -0.389 e. The number of fused-ring (bicyclic) bond motifs is 1. The van der Waals surface area contributed by atoms with Gasteiger partial charge in [-0.3, -0.25) is 0 Å². The van der Waals surface area contributed by atoms with Crippen LogP contribution >= 0.6 is 0 Å². The molecule has 0 saturated carbocycles. The van der Waals surface area contributed by atoms with Crippen LogP contribution in [-0.4, -0.2) is 41.4 Å². The molecule has 0 amide bonds. The smallest absolute Gasteiger partial charge is 0.147 e. The van der Waals surface area contributed by atoms with Crippen molar-refractivity contribution >= 4 is 0 Å². The van der Waals surface area contributed by atoms with Gasteiger partial charge in [-0.25, -0.2) is 0 Å². The van der Waals surface area contributed by atoms with E-state index in [1.165, 1.54) is 0 Å². The van der Waals surface area contributed by atoms with Crippen molar-refractivity contribution in [1.29, 1.82) is 0 Å². The number of aliphatic hydroxyl groups is 2. The van der Waals surface area contributed by atoms with E-state index in [1.54, 1.807) is 12.2 Å². The molecule has 0 aromatic rings. The highest BCUT2D eigenvalue weighted by atomic mass is 16.7. The Labute approximate surface area is 76.8 Å². The van der Waals surface area contributed by atoms with Crippen LogP contribution in [0.15, 0.2) is 12.2 Å². The third-order valence-electron chi connectivity index (χ3n) is 2.48. The fourth-order valence-corrected chi connectivity index (χ4v) is 1.76. The van der Waals surface area contributed by atoms with Crippen molar-refractivity contribution in [3.8, 4) is 0 Å². The second-order valence-electron chi connectivity index (χ2n) is 3.52. The van der Waals surface area contributed by atoms with Gasteiger partial charge in [0.25, 0.3) is 0 Å². The number of rotatable bonds is 0. The molecule has 1 saturated heterocycles. The number of hydrogen-bond donors (Lipinski definition) is 2. The van der Waals surface area contributed by atoms with Crippen molar-refractivity contribution in [2.45, 2.75) is 37.3 Å². The predicted octanol–water partition coefficient (Wildman–Crippen LogP) is -0.200. The Kier molecular flexibility index (Phi) is 2.64. The van der Waals surface area contributed by atoms with Gasteiger partial charge in [0.15, 0.2) is 0 Å². The highest BCUT2D eigenvalue weighted by Crippen LogP contribution is 2.24. The lowest BCUT2D eigenvalue weighted by Crippen LogP contribution is -2.31. The minimum absolute atomic E-state index is 0.0744. The molecule has 0 aromatic heterocycles. The van der Waals surface area contributed by atoms with Gasteiger partial charge in [-0.15, -0.1) is 0 Å². The molecule has 0 radical (unpaired) electrons. The molecule has 2 rings (SSSR count). The summed E-state index contributed by atoms with van der Waals surface area (Å²) in [7, 11) is 0. The van der Waals surface area contributed by atoms with Gasteiger partial charge in [-0.05, 0) is 0 Å². The average Bonchev–Trinajstić information content (AvgIpc) is 2.47. The summed E-state index contributed by atoms with van der Waals surface area (Å²) in [6, 6.07) is 0. The summed E-state index contributed by atoms with van der Waals surface area (Å²) in [5, 5.41) is 18.9. The van der Waals surface area contributed by atoms with Crippen molar-refractivity contribution in [3.63, 3.8) is 0 Å². The van der Waals surface area contributed by atoms with Crippen molar-refractivity contribution in [2.75, 3.05) is 6.79 Å². The zero-order valence-corrected chi connectivity index (χ0v) is 7.30. The molecule has 4 atom stereocenters. The number of hydrogen-bond acceptors (Lipinski definition) is 4. The van der Waals surface area contributed by atoms with Gasteiger partial charge in [-0.1, -0.05) is 12.2 Å². The van der Waals surface area contributed by atoms with Crippen LogP contribution in [0.3, 0.4) is 0 Å². The SMILES string of the molecule is OC1/C=C\C(O)CC2OCOC2C1. The lowest BCUT2D eigenvalue weighted by molar-refractivity contribution is 0.0290. The normalized spacial score (nSPS) is 47.8. The maximum absolute atomic E-state index is 9.45. The van der Waals surface area contributed by atoms with E-state index in [9.17, 15) is 10.2 Å². The molecule has 74 valence electrons. The summed E-state index contributed by atoms with van der Waals surface area (Å²) in [5.41, 5.74) is 0. The van der Waals surface area contributed by atoms with Crippen molar-refractivity contribution < 1.29 is 19.7 Å².